The van der Waals surface area contributed by atoms with Crippen molar-refractivity contribution in [2.45, 2.75) is 13.5 Å². The average molecular weight is 349 g/mol. The highest BCUT2D eigenvalue weighted by Gasteiger charge is 2.13. The summed E-state index contributed by atoms with van der Waals surface area (Å²) in [4.78, 5) is 8.98. The van der Waals surface area contributed by atoms with Crippen LogP contribution >= 0.6 is 0 Å². The van der Waals surface area contributed by atoms with E-state index < -0.39 is 0 Å². The van der Waals surface area contributed by atoms with E-state index in [1.807, 2.05) is 65.8 Å². The summed E-state index contributed by atoms with van der Waals surface area (Å²) >= 11 is 0. The molecule has 0 unspecified atom stereocenters. The Kier molecular flexibility index (Phi) is 4.04. The van der Waals surface area contributed by atoms with Crippen LogP contribution in [0, 0.1) is 6.92 Å². The van der Waals surface area contributed by atoms with Gasteiger partial charge in [-0.2, -0.15) is 0 Å². The molecule has 0 saturated carbocycles. The lowest BCUT2D eigenvalue weighted by atomic mass is 10.1. The SMILES string of the molecule is COc1ccc(-c2cc(Cn3ccnc3-c3cn(C)c(C)n3)no2)cc1. The third kappa shape index (κ3) is 2.99. The second kappa shape index (κ2) is 6.51. The normalized spacial score (nSPS) is 11.0. The third-order valence-corrected chi connectivity index (χ3v) is 4.32. The van der Waals surface area contributed by atoms with Gasteiger partial charge in [-0.05, 0) is 31.2 Å². The molecule has 4 aromatic rings. The van der Waals surface area contributed by atoms with Gasteiger partial charge in [-0.1, -0.05) is 5.16 Å². The van der Waals surface area contributed by atoms with Crippen LogP contribution in [-0.4, -0.2) is 31.4 Å². The van der Waals surface area contributed by atoms with Gasteiger partial charge in [0.15, 0.2) is 11.6 Å². The summed E-state index contributed by atoms with van der Waals surface area (Å²) in [6.07, 6.45) is 5.66. The van der Waals surface area contributed by atoms with E-state index in [1.165, 1.54) is 0 Å². The van der Waals surface area contributed by atoms with E-state index in [-0.39, 0.29) is 0 Å². The molecule has 132 valence electrons. The van der Waals surface area contributed by atoms with Crippen LogP contribution in [0.4, 0.5) is 0 Å². The first kappa shape index (κ1) is 16.1. The number of hydrogen-bond donors (Lipinski definition) is 0. The molecule has 0 N–H and O–H groups in total. The second-order valence-electron chi connectivity index (χ2n) is 6.07. The first-order chi connectivity index (χ1) is 12.6. The minimum absolute atomic E-state index is 0.560. The van der Waals surface area contributed by atoms with Crippen LogP contribution in [0.3, 0.4) is 0 Å². The van der Waals surface area contributed by atoms with Gasteiger partial charge in [0.05, 0.1) is 13.7 Å². The van der Waals surface area contributed by atoms with Crippen LogP contribution in [-0.2, 0) is 13.6 Å². The molecule has 0 atom stereocenters. The van der Waals surface area contributed by atoms with Gasteiger partial charge in [0, 0.05) is 37.3 Å². The molecule has 0 radical (unpaired) electrons. The van der Waals surface area contributed by atoms with Crippen molar-refractivity contribution in [3.8, 4) is 28.6 Å². The number of aryl methyl sites for hydroxylation is 2. The van der Waals surface area contributed by atoms with Crippen molar-refractivity contribution in [3.63, 3.8) is 0 Å². The lowest BCUT2D eigenvalue weighted by Gasteiger charge is -2.02. The van der Waals surface area contributed by atoms with Gasteiger partial charge in [-0.3, -0.25) is 0 Å². The standard InChI is InChI=1S/C19H19N5O2/c1-13-21-17(12-23(13)2)19-20-8-9-24(19)11-15-10-18(26-22-15)14-4-6-16(25-3)7-5-14/h4-10,12H,11H2,1-3H3. The van der Waals surface area contributed by atoms with E-state index in [2.05, 4.69) is 15.1 Å². The maximum Gasteiger partial charge on any atom is 0.167 e. The molecule has 0 aliphatic heterocycles. The molecule has 26 heavy (non-hydrogen) atoms. The van der Waals surface area contributed by atoms with Gasteiger partial charge in [0.2, 0.25) is 0 Å². The molecular formula is C19H19N5O2. The zero-order valence-corrected chi connectivity index (χ0v) is 14.9. The quantitative estimate of drug-likeness (QED) is 0.553. The Morgan fingerprint density at radius 2 is 2.00 bits per heavy atom. The molecule has 0 aliphatic carbocycles. The van der Waals surface area contributed by atoms with Crippen LogP contribution in [0.5, 0.6) is 5.75 Å². The summed E-state index contributed by atoms with van der Waals surface area (Å²) < 4.78 is 14.7. The molecule has 7 nitrogen and oxygen atoms in total. The molecule has 0 saturated heterocycles. The van der Waals surface area contributed by atoms with Crippen molar-refractivity contribution >= 4 is 0 Å². The fraction of sp³-hybridized carbons (Fsp3) is 0.211. The Hall–Kier alpha value is -3.35. The number of hydrogen-bond acceptors (Lipinski definition) is 5. The Balaban J connectivity index is 1.57. The van der Waals surface area contributed by atoms with Gasteiger partial charge in [-0.15, -0.1) is 0 Å². The van der Waals surface area contributed by atoms with Gasteiger partial charge in [0.25, 0.3) is 0 Å². The Bertz CT molecular complexity index is 1010. The lowest BCUT2D eigenvalue weighted by Crippen LogP contribution is -2.01. The number of imidazole rings is 2. The van der Waals surface area contributed by atoms with E-state index >= 15 is 0 Å². The molecule has 7 heteroatoms. The predicted molar refractivity (Wildman–Crippen MR) is 96.8 cm³/mol. The molecule has 3 aromatic heterocycles. The monoisotopic (exact) mass is 349 g/mol. The zero-order valence-electron chi connectivity index (χ0n) is 14.9. The van der Waals surface area contributed by atoms with Crippen molar-refractivity contribution in [1.82, 2.24) is 24.3 Å². The molecule has 4 rings (SSSR count). The topological polar surface area (TPSA) is 70.9 Å². The summed E-state index contributed by atoms with van der Waals surface area (Å²) in [6.45, 7) is 2.53. The number of methoxy groups -OCH3 is 1. The molecule has 0 bridgehead atoms. The fourth-order valence-corrected chi connectivity index (χ4v) is 2.79. The van der Waals surface area contributed by atoms with E-state index in [9.17, 15) is 0 Å². The summed E-state index contributed by atoms with van der Waals surface area (Å²) in [6, 6.07) is 9.63. The Labute approximate surface area is 150 Å². The minimum atomic E-state index is 0.560. The number of rotatable bonds is 5. The summed E-state index contributed by atoms with van der Waals surface area (Å²) in [5, 5.41) is 4.19. The third-order valence-electron chi connectivity index (χ3n) is 4.32. The van der Waals surface area contributed by atoms with Crippen LogP contribution in [0.1, 0.15) is 11.5 Å². The maximum atomic E-state index is 5.50. The van der Waals surface area contributed by atoms with Crippen molar-refractivity contribution in [3.05, 3.63) is 60.4 Å². The maximum absolute atomic E-state index is 5.50. The largest absolute Gasteiger partial charge is 0.497 e. The highest BCUT2D eigenvalue weighted by Crippen LogP contribution is 2.24. The Morgan fingerprint density at radius 1 is 1.19 bits per heavy atom. The highest BCUT2D eigenvalue weighted by molar-refractivity contribution is 5.58. The molecule has 1 aromatic carbocycles. The smallest absolute Gasteiger partial charge is 0.167 e. The van der Waals surface area contributed by atoms with Crippen LogP contribution in [0.25, 0.3) is 22.8 Å². The van der Waals surface area contributed by atoms with E-state index in [1.54, 1.807) is 13.3 Å². The van der Waals surface area contributed by atoms with E-state index in [4.69, 9.17) is 9.26 Å². The van der Waals surface area contributed by atoms with Crippen molar-refractivity contribution in [1.29, 1.82) is 0 Å². The first-order valence-electron chi connectivity index (χ1n) is 8.25. The lowest BCUT2D eigenvalue weighted by molar-refractivity contribution is 0.414. The van der Waals surface area contributed by atoms with E-state index in [0.717, 1.165) is 40.1 Å². The zero-order chi connectivity index (χ0) is 18.1. The van der Waals surface area contributed by atoms with Gasteiger partial charge in [0.1, 0.15) is 23.0 Å². The van der Waals surface area contributed by atoms with E-state index in [0.29, 0.717) is 6.54 Å². The second-order valence-corrected chi connectivity index (χ2v) is 6.07. The number of ether oxygens (including phenoxy) is 1. The number of nitrogens with zero attached hydrogens (tertiary/aromatic N) is 5. The minimum Gasteiger partial charge on any atom is -0.497 e. The highest BCUT2D eigenvalue weighted by atomic mass is 16.5. The van der Waals surface area contributed by atoms with Crippen molar-refractivity contribution in [2.24, 2.45) is 7.05 Å². The summed E-state index contributed by atoms with van der Waals surface area (Å²) in [5.74, 6) is 3.28. The predicted octanol–water partition coefficient (Wildman–Crippen LogP) is 3.30. The summed E-state index contributed by atoms with van der Waals surface area (Å²) in [7, 11) is 3.62. The molecular weight excluding hydrogens is 330 g/mol. The Morgan fingerprint density at radius 3 is 2.69 bits per heavy atom. The number of benzene rings is 1. The van der Waals surface area contributed by atoms with Crippen LogP contribution < -0.4 is 4.74 Å². The molecule has 0 aliphatic rings. The number of aromatic nitrogens is 5. The fourth-order valence-electron chi connectivity index (χ4n) is 2.79. The van der Waals surface area contributed by atoms with Crippen LogP contribution in [0.15, 0.2) is 53.4 Å². The van der Waals surface area contributed by atoms with Crippen molar-refractivity contribution < 1.29 is 9.26 Å². The van der Waals surface area contributed by atoms with Gasteiger partial charge in [-0.25, -0.2) is 9.97 Å². The average Bonchev–Trinajstić information content (AvgIpc) is 3.37. The van der Waals surface area contributed by atoms with Crippen LogP contribution in [0.2, 0.25) is 0 Å². The molecule has 3 heterocycles. The summed E-state index contributed by atoms with van der Waals surface area (Å²) in [5.41, 5.74) is 2.62. The molecule has 0 spiro atoms. The first-order valence-corrected chi connectivity index (χ1v) is 8.25. The molecule has 0 fully saturated rings. The van der Waals surface area contributed by atoms with Crippen molar-refractivity contribution in [2.75, 3.05) is 7.11 Å². The van der Waals surface area contributed by atoms with Gasteiger partial charge < -0.3 is 18.4 Å². The van der Waals surface area contributed by atoms with Gasteiger partial charge >= 0.3 is 0 Å². The molecule has 0 amide bonds.